The molecule has 5 heteroatoms. The summed E-state index contributed by atoms with van der Waals surface area (Å²) in [5.74, 6) is -1.23. The number of hydrogen-bond donors (Lipinski definition) is 2. The van der Waals surface area contributed by atoms with Crippen molar-refractivity contribution in [2.45, 2.75) is 76.7 Å². The highest BCUT2D eigenvalue weighted by Gasteiger charge is 2.18. The summed E-state index contributed by atoms with van der Waals surface area (Å²) in [6.45, 7) is 0. The number of carbonyl (C=O) groups excluding carboxylic acids is 2. The van der Waals surface area contributed by atoms with Crippen LogP contribution in [-0.4, -0.2) is 17.9 Å². The Labute approximate surface area is 156 Å². The van der Waals surface area contributed by atoms with E-state index < -0.39 is 11.8 Å². The molecule has 1 saturated carbocycles. The second-order valence-corrected chi connectivity index (χ2v) is 7.07. The van der Waals surface area contributed by atoms with Crippen LogP contribution in [0.25, 0.3) is 0 Å². The highest BCUT2D eigenvalue weighted by Crippen LogP contribution is 2.17. The van der Waals surface area contributed by atoms with Crippen LogP contribution in [0.3, 0.4) is 0 Å². The molecule has 0 bridgehead atoms. The second-order valence-electron chi connectivity index (χ2n) is 7.07. The van der Waals surface area contributed by atoms with Crippen LogP contribution in [-0.2, 0) is 9.59 Å². The highest BCUT2D eigenvalue weighted by molar-refractivity contribution is 6.39. The minimum Gasteiger partial charge on any atom is -0.345 e. The van der Waals surface area contributed by atoms with E-state index in [0.29, 0.717) is 11.3 Å². The zero-order chi connectivity index (χ0) is 18.6. The van der Waals surface area contributed by atoms with Crippen molar-refractivity contribution in [3.8, 4) is 6.07 Å². The fourth-order valence-electron chi connectivity index (χ4n) is 3.37. The Balaban J connectivity index is 1.83. The lowest BCUT2D eigenvalue weighted by molar-refractivity contribution is -0.136. The zero-order valence-electron chi connectivity index (χ0n) is 15.4. The Morgan fingerprint density at radius 3 is 1.81 bits per heavy atom. The summed E-state index contributed by atoms with van der Waals surface area (Å²) in [7, 11) is 0. The number of nitrogens with one attached hydrogen (secondary N) is 2. The van der Waals surface area contributed by atoms with E-state index in [1.807, 2.05) is 6.07 Å². The molecule has 26 heavy (non-hydrogen) atoms. The van der Waals surface area contributed by atoms with Crippen LogP contribution >= 0.6 is 0 Å². The molecule has 0 aliphatic heterocycles. The van der Waals surface area contributed by atoms with Crippen LogP contribution in [0.5, 0.6) is 0 Å². The van der Waals surface area contributed by atoms with E-state index in [2.05, 4.69) is 10.6 Å². The van der Waals surface area contributed by atoms with Gasteiger partial charge in [-0.2, -0.15) is 5.26 Å². The fourth-order valence-corrected chi connectivity index (χ4v) is 3.37. The molecule has 2 rings (SSSR count). The van der Waals surface area contributed by atoms with Crippen molar-refractivity contribution in [3.63, 3.8) is 0 Å². The molecule has 1 aliphatic rings. The maximum Gasteiger partial charge on any atom is 0.313 e. The second kappa shape index (κ2) is 11.3. The lowest BCUT2D eigenvalue weighted by Crippen LogP contribution is -2.41. The minimum atomic E-state index is -0.652. The van der Waals surface area contributed by atoms with Gasteiger partial charge in [-0.1, -0.05) is 57.8 Å². The van der Waals surface area contributed by atoms with Crippen LogP contribution in [0.4, 0.5) is 5.69 Å². The van der Waals surface area contributed by atoms with Crippen molar-refractivity contribution >= 4 is 17.5 Å². The van der Waals surface area contributed by atoms with Crippen LogP contribution in [0.1, 0.15) is 76.2 Å². The van der Waals surface area contributed by atoms with Crippen LogP contribution < -0.4 is 10.6 Å². The van der Waals surface area contributed by atoms with Gasteiger partial charge in [-0.05, 0) is 37.1 Å². The van der Waals surface area contributed by atoms with Gasteiger partial charge in [-0.3, -0.25) is 9.59 Å². The topological polar surface area (TPSA) is 82.0 Å². The van der Waals surface area contributed by atoms with Gasteiger partial charge in [0.1, 0.15) is 0 Å². The third-order valence-electron chi connectivity index (χ3n) is 4.92. The molecule has 1 aromatic carbocycles. The van der Waals surface area contributed by atoms with Gasteiger partial charge in [0.2, 0.25) is 0 Å². The average Bonchev–Trinajstić information content (AvgIpc) is 2.64. The third kappa shape index (κ3) is 7.26. The lowest BCUT2D eigenvalue weighted by Gasteiger charge is -2.19. The van der Waals surface area contributed by atoms with Gasteiger partial charge in [-0.25, -0.2) is 0 Å². The molecule has 2 amide bonds. The first-order valence-corrected chi connectivity index (χ1v) is 9.81. The predicted octanol–water partition coefficient (Wildman–Crippen LogP) is 4.29. The van der Waals surface area contributed by atoms with Gasteiger partial charge in [0.05, 0.1) is 11.6 Å². The fraction of sp³-hybridized carbons (Fsp3) is 0.571. The molecule has 5 nitrogen and oxygen atoms in total. The molecule has 0 atom stereocenters. The van der Waals surface area contributed by atoms with E-state index in [4.69, 9.17) is 5.26 Å². The predicted molar refractivity (Wildman–Crippen MR) is 103 cm³/mol. The summed E-state index contributed by atoms with van der Waals surface area (Å²) in [5, 5.41) is 14.3. The number of anilines is 1. The molecule has 0 radical (unpaired) electrons. The molecule has 140 valence electrons. The van der Waals surface area contributed by atoms with Gasteiger partial charge in [0.25, 0.3) is 0 Å². The van der Waals surface area contributed by atoms with E-state index in [1.165, 1.54) is 44.9 Å². The Morgan fingerprint density at radius 2 is 1.31 bits per heavy atom. The quantitative estimate of drug-likeness (QED) is 0.777. The van der Waals surface area contributed by atoms with Crippen LogP contribution in [0.2, 0.25) is 0 Å². The summed E-state index contributed by atoms with van der Waals surface area (Å²) >= 11 is 0. The van der Waals surface area contributed by atoms with Crippen molar-refractivity contribution < 1.29 is 9.59 Å². The van der Waals surface area contributed by atoms with Gasteiger partial charge < -0.3 is 10.6 Å². The first-order chi connectivity index (χ1) is 12.7. The van der Waals surface area contributed by atoms with Crippen molar-refractivity contribution in [2.75, 3.05) is 5.32 Å². The minimum absolute atomic E-state index is 0.0774. The number of hydrogen-bond acceptors (Lipinski definition) is 3. The first-order valence-electron chi connectivity index (χ1n) is 9.81. The lowest BCUT2D eigenvalue weighted by atomic mass is 9.98. The molecule has 0 unspecified atom stereocenters. The number of amides is 2. The Morgan fingerprint density at radius 1 is 0.808 bits per heavy atom. The number of carbonyl (C=O) groups is 2. The highest BCUT2D eigenvalue weighted by atomic mass is 16.2. The summed E-state index contributed by atoms with van der Waals surface area (Å²) in [4.78, 5) is 24.4. The first kappa shape index (κ1) is 20.0. The standard InChI is InChI=1S/C21H29N3O2/c22-16-17-12-14-19(15-13-17)24-21(26)20(25)23-18-10-8-6-4-2-1-3-5-7-9-11-18/h12-15,18H,1-11H2,(H,23,25)(H,24,26). The third-order valence-corrected chi connectivity index (χ3v) is 4.92. The molecule has 1 fully saturated rings. The van der Waals surface area contributed by atoms with Gasteiger partial charge in [0, 0.05) is 11.7 Å². The monoisotopic (exact) mass is 355 g/mol. The summed E-state index contributed by atoms with van der Waals surface area (Å²) in [6.07, 6.45) is 13.0. The molecule has 0 saturated heterocycles. The van der Waals surface area contributed by atoms with Crippen molar-refractivity contribution in [1.29, 1.82) is 5.26 Å². The summed E-state index contributed by atoms with van der Waals surface area (Å²) in [5.41, 5.74) is 1.03. The van der Waals surface area contributed by atoms with Gasteiger partial charge in [0.15, 0.2) is 0 Å². The Kier molecular flexibility index (Phi) is 8.68. The molecule has 0 heterocycles. The maximum atomic E-state index is 12.2. The molecule has 0 aromatic heterocycles. The number of nitrogens with zero attached hydrogens (tertiary/aromatic N) is 1. The zero-order valence-corrected chi connectivity index (χ0v) is 15.4. The van der Waals surface area contributed by atoms with E-state index in [1.54, 1.807) is 24.3 Å². The molecule has 1 aliphatic carbocycles. The number of nitriles is 1. The van der Waals surface area contributed by atoms with Crippen molar-refractivity contribution in [1.82, 2.24) is 5.32 Å². The largest absolute Gasteiger partial charge is 0.345 e. The normalized spacial score (nSPS) is 17.2. The SMILES string of the molecule is N#Cc1ccc(NC(=O)C(=O)NC2CCCCCCCCCCC2)cc1. The Hall–Kier alpha value is -2.35. The number of rotatable bonds is 2. The van der Waals surface area contributed by atoms with E-state index in [-0.39, 0.29) is 6.04 Å². The van der Waals surface area contributed by atoms with E-state index in [9.17, 15) is 9.59 Å². The van der Waals surface area contributed by atoms with E-state index >= 15 is 0 Å². The van der Waals surface area contributed by atoms with E-state index in [0.717, 1.165) is 25.7 Å². The van der Waals surface area contributed by atoms with Gasteiger partial charge in [-0.15, -0.1) is 0 Å². The van der Waals surface area contributed by atoms with Crippen molar-refractivity contribution in [2.24, 2.45) is 0 Å². The average molecular weight is 355 g/mol. The molecule has 2 N–H and O–H groups in total. The molecule has 0 spiro atoms. The summed E-state index contributed by atoms with van der Waals surface area (Å²) in [6, 6.07) is 8.57. The van der Waals surface area contributed by atoms with Gasteiger partial charge >= 0.3 is 11.8 Å². The van der Waals surface area contributed by atoms with Crippen LogP contribution in [0.15, 0.2) is 24.3 Å². The van der Waals surface area contributed by atoms with Crippen molar-refractivity contribution in [3.05, 3.63) is 29.8 Å². The van der Waals surface area contributed by atoms with Crippen LogP contribution in [0, 0.1) is 11.3 Å². The molecule has 1 aromatic rings. The summed E-state index contributed by atoms with van der Waals surface area (Å²) < 4.78 is 0. The number of benzene rings is 1. The molecular weight excluding hydrogens is 326 g/mol. The maximum absolute atomic E-state index is 12.2. The Bertz CT molecular complexity index is 607. The smallest absolute Gasteiger partial charge is 0.313 e. The molecular formula is C21H29N3O2.